The van der Waals surface area contributed by atoms with Crippen LogP contribution in [-0.2, 0) is 9.59 Å². The highest BCUT2D eigenvalue weighted by atomic mass is 16.4. The average Bonchev–Trinajstić information content (AvgIpc) is 2.24. The lowest BCUT2D eigenvalue weighted by Crippen LogP contribution is -2.60. The van der Waals surface area contributed by atoms with Crippen LogP contribution < -0.4 is 5.73 Å². The molecule has 0 aromatic rings. The first-order valence-electron chi connectivity index (χ1n) is 6.31. The molecule has 5 nitrogen and oxygen atoms in total. The van der Waals surface area contributed by atoms with Gasteiger partial charge in [-0.1, -0.05) is 0 Å². The van der Waals surface area contributed by atoms with Gasteiger partial charge in [0, 0.05) is 19.5 Å². The van der Waals surface area contributed by atoms with Crippen LogP contribution in [-0.4, -0.2) is 40.5 Å². The second kappa shape index (κ2) is 4.64. The van der Waals surface area contributed by atoms with Gasteiger partial charge in [0.15, 0.2) is 0 Å². The molecule has 0 bridgehead atoms. The minimum atomic E-state index is -0.782. The predicted molar refractivity (Wildman–Crippen MR) is 62.3 cm³/mol. The topological polar surface area (TPSA) is 83.6 Å². The van der Waals surface area contributed by atoms with Crippen LogP contribution in [0.4, 0.5) is 0 Å². The van der Waals surface area contributed by atoms with E-state index in [4.69, 9.17) is 10.8 Å². The fraction of sp³-hybridized carbons (Fsp3) is 0.833. The van der Waals surface area contributed by atoms with Crippen molar-refractivity contribution in [3.8, 4) is 0 Å². The van der Waals surface area contributed by atoms with E-state index in [9.17, 15) is 9.59 Å². The van der Waals surface area contributed by atoms with E-state index in [1.54, 1.807) is 4.90 Å². The number of aliphatic carboxylic acids is 1. The van der Waals surface area contributed by atoms with Crippen molar-refractivity contribution >= 4 is 11.9 Å². The van der Waals surface area contributed by atoms with Gasteiger partial charge in [0.1, 0.15) is 0 Å². The van der Waals surface area contributed by atoms with Crippen molar-refractivity contribution in [2.45, 2.75) is 44.1 Å². The summed E-state index contributed by atoms with van der Waals surface area (Å²) < 4.78 is 0. The van der Waals surface area contributed by atoms with Gasteiger partial charge in [-0.3, -0.25) is 9.59 Å². The lowest BCUT2D eigenvalue weighted by Gasteiger charge is -2.43. The largest absolute Gasteiger partial charge is 0.481 e. The number of carboxylic acid groups (broad SMARTS) is 1. The number of piperidine rings is 1. The quantitative estimate of drug-likeness (QED) is 0.756. The summed E-state index contributed by atoms with van der Waals surface area (Å²) in [5.74, 6) is -0.664. The summed E-state index contributed by atoms with van der Waals surface area (Å²) in [5.41, 5.74) is 5.37. The first-order chi connectivity index (χ1) is 8.01. The third kappa shape index (κ3) is 2.60. The number of nitrogens with zero attached hydrogens (tertiary/aromatic N) is 1. The molecule has 2 fully saturated rings. The molecule has 17 heavy (non-hydrogen) atoms. The van der Waals surface area contributed by atoms with Gasteiger partial charge in [-0.05, 0) is 38.0 Å². The van der Waals surface area contributed by atoms with Crippen LogP contribution in [0.5, 0.6) is 0 Å². The number of likely N-dealkylation sites (tertiary alicyclic amines) is 1. The van der Waals surface area contributed by atoms with Gasteiger partial charge in [-0.15, -0.1) is 0 Å². The van der Waals surface area contributed by atoms with Gasteiger partial charge in [-0.2, -0.15) is 0 Å². The molecule has 3 N–H and O–H groups in total. The van der Waals surface area contributed by atoms with Gasteiger partial charge >= 0.3 is 5.97 Å². The minimum absolute atomic E-state index is 0.0267. The highest BCUT2D eigenvalue weighted by molar-refractivity contribution is 5.87. The van der Waals surface area contributed by atoms with Gasteiger partial charge in [-0.25, -0.2) is 0 Å². The molecule has 5 heteroatoms. The van der Waals surface area contributed by atoms with Gasteiger partial charge in [0.2, 0.25) is 5.91 Å². The molecule has 2 rings (SSSR count). The molecule has 1 amide bonds. The van der Waals surface area contributed by atoms with Crippen LogP contribution in [0, 0.1) is 5.92 Å². The number of carbonyl (C=O) groups excluding carboxylic acids is 1. The summed E-state index contributed by atoms with van der Waals surface area (Å²) >= 11 is 0. The SMILES string of the molecule is NC1(C(=O)N2CCCC(CC(=O)O)C2)CCC1. The van der Waals surface area contributed by atoms with E-state index >= 15 is 0 Å². The molecule has 96 valence electrons. The van der Waals surface area contributed by atoms with Gasteiger partial charge in [0.05, 0.1) is 5.54 Å². The van der Waals surface area contributed by atoms with Crippen LogP contribution >= 0.6 is 0 Å². The smallest absolute Gasteiger partial charge is 0.303 e. The zero-order valence-corrected chi connectivity index (χ0v) is 10.0. The molecule has 1 aliphatic heterocycles. The van der Waals surface area contributed by atoms with Crippen molar-refractivity contribution in [3.05, 3.63) is 0 Å². The summed E-state index contributed by atoms with van der Waals surface area (Å²) in [6.45, 7) is 1.29. The van der Waals surface area contributed by atoms with E-state index in [2.05, 4.69) is 0 Å². The van der Waals surface area contributed by atoms with E-state index in [0.29, 0.717) is 6.54 Å². The molecule has 1 aliphatic carbocycles. The van der Waals surface area contributed by atoms with E-state index in [1.807, 2.05) is 0 Å². The van der Waals surface area contributed by atoms with Crippen molar-refractivity contribution in [2.75, 3.05) is 13.1 Å². The molecule has 1 heterocycles. The van der Waals surface area contributed by atoms with E-state index in [1.165, 1.54) is 0 Å². The summed E-state index contributed by atoms with van der Waals surface area (Å²) in [7, 11) is 0. The number of carboxylic acids is 1. The molecular weight excluding hydrogens is 220 g/mol. The maximum Gasteiger partial charge on any atom is 0.303 e. The Morgan fingerprint density at radius 1 is 1.35 bits per heavy atom. The number of hydrogen-bond acceptors (Lipinski definition) is 3. The molecule has 0 aromatic heterocycles. The van der Waals surface area contributed by atoms with E-state index in [-0.39, 0.29) is 18.2 Å². The number of nitrogens with two attached hydrogens (primary N) is 1. The Morgan fingerprint density at radius 2 is 2.06 bits per heavy atom. The molecule has 1 unspecified atom stereocenters. The normalized spacial score (nSPS) is 27.4. The molecule has 2 aliphatic rings. The number of carbonyl (C=O) groups is 2. The lowest BCUT2D eigenvalue weighted by atomic mass is 9.76. The van der Waals surface area contributed by atoms with Crippen molar-refractivity contribution in [1.29, 1.82) is 0 Å². The van der Waals surface area contributed by atoms with Crippen molar-refractivity contribution in [1.82, 2.24) is 4.90 Å². The van der Waals surface area contributed by atoms with Gasteiger partial charge in [0.25, 0.3) is 0 Å². The number of rotatable bonds is 3. The van der Waals surface area contributed by atoms with E-state index < -0.39 is 11.5 Å². The molecule has 0 spiro atoms. The maximum absolute atomic E-state index is 12.2. The zero-order chi connectivity index (χ0) is 12.5. The Bertz CT molecular complexity index is 326. The molecule has 1 saturated carbocycles. The molecular formula is C12H20N2O3. The molecule has 1 atom stereocenters. The summed E-state index contributed by atoms with van der Waals surface area (Å²) in [5, 5.41) is 8.78. The van der Waals surface area contributed by atoms with Crippen LogP contribution in [0.2, 0.25) is 0 Å². The maximum atomic E-state index is 12.2. The summed E-state index contributed by atoms with van der Waals surface area (Å²) in [6, 6.07) is 0. The average molecular weight is 240 g/mol. The highest BCUT2D eigenvalue weighted by Crippen LogP contribution is 2.32. The number of hydrogen-bond donors (Lipinski definition) is 2. The van der Waals surface area contributed by atoms with Crippen LogP contribution in [0.15, 0.2) is 0 Å². The van der Waals surface area contributed by atoms with E-state index in [0.717, 1.165) is 38.6 Å². The monoisotopic (exact) mass is 240 g/mol. The van der Waals surface area contributed by atoms with Crippen molar-refractivity contribution in [2.24, 2.45) is 11.7 Å². The Morgan fingerprint density at radius 3 is 2.59 bits per heavy atom. The first kappa shape index (κ1) is 12.4. The first-order valence-corrected chi connectivity index (χ1v) is 6.31. The summed E-state index contributed by atoms with van der Waals surface area (Å²) in [4.78, 5) is 24.6. The second-order valence-electron chi connectivity index (χ2n) is 5.37. The zero-order valence-electron chi connectivity index (χ0n) is 10.0. The molecule has 0 aromatic carbocycles. The fourth-order valence-corrected chi connectivity index (χ4v) is 2.75. The Balaban J connectivity index is 1.92. The second-order valence-corrected chi connectivity index (χ2v) is 5.37. The Labute approximate surface area is 101 Å². The van der Waals surface area contributed by atoms with Gasteiger partial charge < -0.3 is 15.7 Å². The standard InChI is InChI=1S/C12H20N2O3/c13-12(4-2-5-12)11(17)14-6-1-3-9(8-14)7-10(15)16/h9H,1-8,13H2,(H,15,16). The van der Waals surface area contributed by atoms with Crippen LogP contribution in [0.25, 0.3) is 0 Å². The third-order valence-electron chi connectivity index (χ3n) is 3.94. The van der Waals surface area contributed by atoms with Crippen LogP contribution in [0.3, 0.4) is 0 Å². The Kier molecular flexibility index (Phi) is 3.38. The van der Waals surface area contributed by atoms with Crippen molar-refractivity contribution in [3.63, 3.8) is 0 Å². The third-order valence-corrected chi connectivity index (χ3v) is 3.94. The highest BCUT2D eigenvalue weighted by Gasteiger charge is 2.43. The van der Waals surface area contributed by atoms with Crippen LogP contribution in [0.1, 0.15) is 38.5 Å². The minimum Gasteiger partial charge on any atom is -0.481 e. The summed E-state index contributed by atoms with van der Waals surface area (Å²) in [6.07, 6.45) is 4.50. The molecule has 1 saturated heterocycles. The molecule has 0 radical (unpaired) electrons. The fourth-order valence-electron chi connectivity index (χ4n) is 2.75. The number of amides is 1. The van der Waals surface area contributed by atoms with Crippen molar-refractivity contribution < 1.29 is 14.7 Å². The lowest BCUT2D eigenvalue weighted by molar-refractivity contribution is -0.144. The Hall–Kier alpha value is -1.10. The predicted octanol–water partition coefficient (Wildman–Crippen LogP) is 0.581.